The summed E-state index contributed by atoms with van der Waals surface area (Å²) in [5, 5.41) is 0. The van der Waals surface area contributed by atoms with Crippen LogP contribution in [0.3, 0.4) is 0 Å². The van der Waals surface area contributed by atoms with Gasteiger partial charge in [0.25, 0.3) is 0 Å². The van der Waals surface area contributed by atoms with Crippen LogP contribution in [0.25, 0.3) is 0 Å². The highest BCUT2D eigenvalue weighted by atomic mass is 16.2. The van der Waals surface area contributed by atoms with Crippen LogP contribution in [0.15, 0.2) is 30.3 Å². The summed E-state index contributed by atoms with van der Waals surface area (Å²) >= 11 is 0. The molecule has 0 aromatic heterocycles. The first-order chi connectivity index (χ1) is 11.3. The number of amides is 1. The number of benzene rings is 1. The lowest BCUT2D eigenvalue weighted by Crippen LogP contribution is -2.48. The molecule has 1 aliphatic rings. The van der Waals surface area contributed by atoms with E-state index in [1.54, 1.807) is 0 Å². The molecule has 128 valence electrons. The molecule has 1 aromatic carbocycles. The minimum absolute atomic E-state index is 0.356. The van der Waals surface area contributed by atoms with Crippen molar-refractivity contribution in [3.63, 3.8) is 0 Å². The summed E-state index contributed by atoms with van der Waals surface area (Å²) < 4.78 is 0. The standard InChI is InChI=1S/C20H32N2O/c1-2-3-13-20(23)22-17-15-21(16-18-22)14-9-5-8-12-19-10-6-4-7-11-19/h4,6-7,10-11H,2-3,5,8-9,12-18H2,1H3. The Morgan fingerprint density at radius 1 is 0.957 bits per heavy atom. The lowest BCUT2D eigenvalue weighted by Gasteiger charge is -2.34. The van der Waals surface area contributed by atoms with Gasteiger partial charge >= 0.3 is 0 Å². The van der Waals surface area contributed by atoms with Crippen molar-refractivity contribution in [3.05, 3.63) is 35.9 Å². The van der Waals surface area contributed by atoms with Gasteiger partial charge in [0.15, 0.2) is 0 Å². The SMILES string of the molecule is CCCCC(=O)N1CCN(CCCCCc2ccccc2)CC1. The van der Waals surface area contributed by atoms with E-state index >= 15 is 0 Å². The molecule has 1 aliphatic heterocycles. The largest absolute Gasteiger partial charge is 0.340 e. The highest BCUT2D eigenvalue weighted by Crippen LogP contribution is 2.09. The molecular formula is C20H32N2O. The highest BCUT2D eigenvalue weighted by Gasteiger charge is 2.19. The Hall–Kier alpha value is -1.35. The third-order valence-corrected chi connectivity index (χ3v) is 4.75. The molecule has 1 saturated heterocycles. The first-order valence-electron chi connectivity index (χ1n) is 9.33. The first-order valence-corrected chi connectivity index (χ1v) is 9.33. The normalized spacial score (nSPS) is 15.8. The van der Waals surface area contributed by atoms with Gasteiger partial charge in [0, 0.05) is 32.6 Å². The van der Waals surface area contributed by atoms with Gasteiger partial charge < -0.3 is 4.90 Å². The summed E-state index contributed by atoms with van der Waals surface area (Å²) in [5.41, 5.74) is 1.45. The van der Waals surface area contributed by atoms with Crippen LogP contribution in [0.4, 0.5) is 0 Å². The first kappa shape index (κ1) is 18.0. The number of carbonyl (C=O) groups excluding carboxylic acids is 1. The molecule has 0 N–H and O–H groups in total. The third-order valence-electron chi connectivity index (χ3n) is 4.75. The minimum atomic E-state index is 0.356. The fraction of sp³-hybridized carbons (Fsp3) is 0.650. The second-order valence-corrected chi connectivity index (χ2v) is 6.62. The second kappa shape index (κ2) is 10.4. The van der Waals surface area contributed by atoms with Gasteiger partial charge in [-0.1, -0.05) is 50.1 Å². The summed E-state index contributed by atoms with van der Waals surface area (Å²) in [5.74, 6) is 0.356. The van der Waals surface area contributed by atoms with Gasteiger partial charge in [0.05, 0.1) is 0 Å². The molecule has 3 heteroatoms. The van der Waals surface area contributed by atoms with Gasteiger partial charge in [-0.05, 0) is 37.8 Å². The Morgan fingerprint density at radius 2 is 1.70 bits per heavy atom. The molecule has 0 unspecified atom stereocenters. The fourth-order valence-corrected chi connectivity index (χ4v) is 3.19. The molecule has 2 rings (SSSR count). The van der Waals surface area contributed by atoms with Crippen molar-refractivity contribution in [2.24, 2.45) is 0 Å². The van der Waals surface area contributed by atoms with Crippen molar-refractivity contribution < 1.29 is 4.79 Å². The van der Waals surface area contributed by atoms with Crippen molar-refractivity contribution in [1.82, 2.24) is 9.80 Å². The maximum Gasteiger partial charge on any atom is 0.222 e. The second-order valence-electron chi connectivity index (χ2n) is 6.62. The van der Waals surface area contributed by atoms with E-state index in [1.807, 2.05) is 0 Å². The summed E-state index contributed by atoms with van der Waals surface area (Å²) in [6.07, 6.45) is 7.91. The zero-order valence-electron chi connectivity index (χ0n) is 14.7. The Kier molecular flexibility index (Phi) is 8.16. The average molecular weight is 316 g/mol. The predicted octanol–water partition coefficient (Wildman–Crippen LogP) is 3.73. The molecule has 3 nitrogen and oxygen atoms in total. The number of hydrogen-bond donors (Lipinski definition) is 0. The molecule has 1 fully saturated rings. The van der Waals surface area contributed by atoms with E-state index < -0.39 is 0 Å². The van der Waals surface area contributed by atoms with Crippen LogP contribution < -0.4 is 0 Å². The maximum atomic E-state index is 12.0. The Balaban J connectivity index is 1.52. The molecule has 1 heterocycles. The molecule has 0 aliphatic carbocycles. The van der Waals surface area contributed by atoms with E-state index in [9.17, 15) is 4.79 Å². The van der Waals surface area contributed by atoms with Crippen LogP contribution in [0.1, 0.15) is 51.0 Å². The minimum Gasteiger partial charge on any atom is -0.340 e. The molecule has 1 amide bonds. The summed E-state index contributed by atoms with van der Waals surface area (Å²) in [7, 11) is 0. The van der Waals surface area contributed by atoms with Crippen molar-refractivity contribution in [2.75, 3.05) is 32.7 Å². The van der Waals surface area contributed by atoms with Crippen molar-refractivity contribution >= 4 is 5.91 Å². The molecule has 1 aromatic rings. The number of carbonyl (C=O) groups is 1. The van der Waals surface area contributed by atoms with Crippen LogP contribution in [0.2, 0.25) is 0 Å². The number of aryl methyl sites for hydroxylation is 1. The van der Waals surface area contributed by atoms with Gasteiger partial charge in [0.1, 0.15) is 0 Å². The summed E-state index contributed by atoms with van der Waals surface area (Å²) in [4.78, 5) is 16.6. The average Bonchev–Trinajstić information content (AvgIpc) is 2.61. The topological polar surface area (TPSA) is 23.6 Å². The van der Waals surface area contributed by atoms with Crippen LogP contribution in [0.5, 0.6) is 0 Å². The lowest BCUT2D eigenvalue weighted by molar-refractivity contribution is -0.133. The summed E-state index contributed by atoms with van der Waals surface area (Å²) in [6.45, 7) is 7.28. The van der Waals surface area contributed by atoms with Gasteiger partial charge in [-0.2, -0.15) is 0 Å². The maximum absolute atomic E-state index is 12.0. The molecular weight excluding hydrogens is 284 g/mol. The Bertz CT molecular complexity index is 438. The van der Waals surface area contributed by atoms with Gasteiger partial charge in [-0.15, -0.1) is 0 Å². The zero-order valence-corrected chi connectivity index (χ0v) is 14.7. The van der Waals surface area contributed by atoms with E-state index in [0.717, 1.165) is 45.4 Å². The quantitative estimate of drug-likeness (QED) is 0.648. The van der Waals surface area contributed by atoms with E-state index in [-0.39, 0.29) is 0 Å². The molecule has 0 atom stereocenters. The number of unbranched alkanes of at least 4 members (excludes halogenated alkanes) is 3. The van der Waals surface area contributed by atoms with Gasteiger partial charge in [-0.25, -0.2) is 0 Å². The van der Waals surface area contributed by atoms with E-state index in [1.165, 1.54) is 37.8 Å². The number of piperazine rings is 1. The predicted molar refractivity (Wildman–Crippen MR) is 96.5 cm³/mol. The van der Waals surface area contributed by atoms with Crippen molar-refractivity contribution in [3.8, 4) is 0 Å². The number of rotatable bonds is 9. The molecule has 0 bridgehead atoms. The molecule has 0 saturated carbocycles. The summed E-state index contributed by atoms with van der Waals surface area (Å²) in [6, 6.07) is 10.8. The van der Waals surface area contributed by atoms with Crippen LogP contribution in [0, 0.1) is 0 Å². The zero-order chi connectivity index (χ0) is 16.3. The van der Waals surface area contributed by atoms with E-state index in [4.69, 9.17) is 0 Å². The van der Waals surface area contributed by atoms with Crippen LogP contribution >= 0.6 is 0 Å². The number of hydrogen-bond acceptors (Lipinski definition) is 2. The highest BCUT2D eigenvalue weighted by molar-refractivity contribution is 5.76. The molecule has 0 spiro atoms. The Labute approximate surface area is 141 Å². The van der Waals surface area contributed by atoms with Crippen molar-refractivity contribution in [1.29, 1.82) is 0 Å². The third kappa shape index (κ3) is 6.74. The van der Waals surface area contributed by atoms with Crippen molar-refractivity contribution in [2.45, 2.75) is 51.9 Å². The fourth-order valence-electron chi connectivity index (χ4n) is 3.19. The molecule has 23 heavy (non-hydrogen) atoms. The van der Waals surface area contributed by atoms with E-state index in [0.29, 0.717) is 5.91 Å². The van der Waals surface area contributed by atoms with Gasteiger partial charge in [0.2, 0.25) is 5.91 Å². The van der Waals surface area contributed by atoms with Crippen LogP contribution in [-0.4, -0.2) is 48.4 Å². The number of nitrogens with zero attached hydrogens (tertiary/aromatic N) is 2. The lowest BCUT2D eigenvalue weighted by atomic mass is 10.1. The Morgan fingerprint density at radius 3 is 2.39 bits per heavy atom. The molecule has 0 radical (unpaired) electrons. The van der Waals surface area contributed by atoms with E-state index in [2.05, 4.69) is 47.1 Å². The smallest absolute Gasteiger partial charge is 0.222 e. The van der Waals surface area contributed by atoms with Gasteiger partial charge in [-0.3, -0.25) is 9.69 Å². The van der Waals surface area contributed by atoms with Crippen LogP contribution in [-0.2, 0) is 11.2 Å². The monoisotopic (exact) mass is 316 g/mol.